The number of nitrogens with zero attached hydrogens (tertiary/aromatic N) is 2. The Labute approximate surface area is 107 Å². The third kappa shape index (κ3) is 4.00. The van der Waals surface area contributed by atoms with Gasteiger partial charge in [0.1, 0.15) is 0 Å². The fraction of sp³-hybridized carbons (Fsp3) is 0.833. The molecule has 2 rings (SSSR count). The molecule has 1 aliphatic heterocycles. The van der Waals surface area contributed by atoms with Crippen molar-refractivity contribution >= 4 is 11.8 Å². The molecule has 5 heteroatoms. The van der Waals surface area contributed by atoms with E-state index >= 15 is 0 Å². The molecular weight excluding hydrogens is 234 g/mol. The minimum atomic E-state index is 0.300. The molecule has 17 heavy (non-hydrogen) atoms. The number of rotatable bonds is 5. The Hall–Kier alpha value is -0.550. The first-order valence-corrected chi connectivity index (χ1v) is 7.69. The molecule has 4 nitrogen and oxygen atoms in total. The summed E-state index contributed by atoms with van der Waals surface area (Å²) in [6.07, 6.45) is 5.84. The normalized spacial score (nSPS) is 21.4. The lowest BCUT2D eigenvalue weighted by molar-refractivity contribution is 0.367. The fourth-order valence-corrected chi connectivity index (χ4v) is 2.67. The van der Waals surface area contributed by atoms with Gasteiger partial charge in [-0.3, -0.25) is 0 Å². The van der Waals surface area contributed by atoms with Gasteiger partial charge in [0.05, 0.1) is 6.04 Å². The largest absolute Gasteiger partial charge is 0.339 e. The number of hydrogen-bond acceptors (Lipinski definition) is 5. The topological polar surface area (TPSA) is 51.0 Å². The van der Waals surface area contributed by atoms with Crippen LogP contribution in [0.3, 0.4) is 0 Å². The van der Waals surface area contributed by atoms with Crippen molar-refractivity contribution in [1.29, 1.82) is 0 Å². The van der Waals surface area contributed by atoms with Gasteiger partial charge in [-0.2, -0.15) is 16.7 Å². The van der Waals surface area contributed by atoms with Crippen molar-refractivity contribution in [2.24, 2.45) is 0 Å². The molecule has 1 aliphatic rings. The maximum atomic E-state index is 5.29. The molecule has 0 radical (unpaired) electrons. The van der Waals surface area contributed by atoms with Crippen LogP contribution in [0, 0.1) is 0 Å². The number of aromatic nitrogens is 2. The van der Waals surface area contributed by atoms with Crippen LogP contribution in [0.25, 0.3) is 0 Å². The van der Waals surface area contributed by atoms with Crippen molar-refractivity contribution in [3.8, 4) is 0 Å². The molecule has 0 unspecified atom stereocenters. The molecule has 2 heterocycles. The van der Waals surface area contributed by atoms with E-state index < -0.39 is 0 Å². The molecule has 0 bridgehead atoms. The predicted octanol–water partition coefficient (Wildman–Crippen LogP) is 2.57. The molecule has 0 spiro atoms. The summed E-state index contributed by atoms with van der Waals surface area (Å²) >= 11 is 1.91. The minimum Gasteiger partial charge on any atom is -0.339 e. The van der Waals surface area contributed by atoms with E-state index in [0.29, 0.717) is 6.04 Å². The minimum absolute atomic E-state index is 0.300. The molecule has 0 aliphatic carbocycles. The van der Waals surface area contributed by atoms with Crippen molar-refractivity contribution in [1.82, 2.24) is 15.5 Å². The van der Waals surface area contributed by atoms with Gasteiger partial charge in [-0.25, -0.2) is 0 Å². The number of hydrogen-bond donors (Lipinski definition) is 1. The van der Waals surface area contributed by atoms with Gasteiger partial charge in [0.15, 0.2) is 5.82 Å². The Balaban J connectivity index is 1.87. The zero-order valence-electron chi connectivity index (χ0n) is 10.4. The SMILES string of the molecule is CCSCCc1nc([C@@H]2CCCCCN2)no1. The Morgan fingerprint density at radius 1 is 1.41 bits per heavy atom. The monoisotopic (exact) mass is 255 g/mol. The third-order valence-electron chi connectivity index (χ3n) is 3.02. The number of nitrogens with one attached hydrogen (secondary N) is 1. The van der Waals surface area contributed by atoms with Crippen LogP contribution in [0.2, 0.25) is 0 Å². The molecule has 1 fully saturated rings. The first-order chi connectivity index (χ1) is 8.40. The van der Waals surface area contributed by atoms with Gasteiger partial charge in [-0.15, -0.1) is 0 Å². The van der Waals surface area contributed by atoms with Crippen molar-refractivity contribution in [3.63, 3.8) is 0 Å². The van der Waals surface area contributed by atoms with Crippen molar-refractivity contribution in [2.45, 2.75) is 45.1 Å². The zero-order chi connectivity index (χ0) is 11.9. The molecule has 96 valence electrons. The summed E-state index contributed by atoms with van der Waals surface area (Å²) in [5, 5.41) is 7.59. The molecule has 0 aromatic carbocycles. The molecule has 1 saturated heterocycles. The highest BCUT2D eigenvalue weighted by molar-refractivity contribution is 7.99. The zero-order valence-corrected chi connectivity index (χ0v) is 11.3. The highest BCUT2D eigenvalue weighted by Gasteiger charge is 2.19. The van der Waals surface area contributed by atoms with Crippen LogP contribution >= 0.6 is 11.8 Å². The van der Waals surface area contributed by atoms with E-state index in [9.17, 15) is 0 Å². The van der Waals surface area contributed by atoms with E-state index in [2.05, 4.69) is 22.4 Å². The summed E-state index contributed by atoms with van der Waals surface area (Å²) in [5.41, 5.74) is 0. The van der Waals surface area contributed by atoms with Crippen molar-refractivity contribution < 1.29 is 4.52 Å². The lowest BCUT2D eigenvalue weighted by Crippen LogP contribution is -2.21. The second-order valence-corrected chi connectivity index (χ2v) is 5.74. The van der Waals surface area contributed by atoms with Crippen LogP contribution in [0.5, 0.6) is 0 Å². The Morgan fingerprint density at radius 3 is 3.24 bits per heavy atom. The molecule has 1 aromatic rings. The van der Waals surface area contributed by atoms with Gasteiger partial charge >= 0.3 is 0 Å². The summed E-state index contributed by atoms with van der Waals surface area (Å²) in [4.78, 5) is 4.49. The first kappa shape index (κ1) is 12.9. The van der Waals surface area contributed by atoms with E-state index in [0.717, 1.165) is 42.6 Å². The van der Waals surface area contributed by atoms with Crippen LogP contribution in [0.1, 0.15) is 50.4 Å². The second-order valence-electron chi connectivity index (χ2n) is 4.35. The maximum absolute atomic E-state index is 5.29. The average molecular weight is 255 g/mol. The van der Waals surface area contributed by atoms with E-state index in [4.69, 9.17) is 4.52 Å². The lowest BCUT2D eigenvalue weighted by Gasteiger charge is -2.09. The Kier molecular flexibility index (Phi) is 5.32. The standard InChI is InChI=1S/C12H21N3OS/c1-2-17-9-7-11-14-12(15-16-11)10-6-4-3-5-8-13-10/h10,13H,2-9H2,1H3/t10-/m0/s1. The van der Waals surface area contributed by atoms with Crippen molar-refractivity contribution in [2.75, 3.05) is 18.1 Å². The van der Waals surface area contributed by atoms with Crippen LogP contribution in [0.15, 0.2) is 4.52 Å². The number of aryl methyl sites for hydroxylation is 1. The maximum Gasteiger partial charge on any atom is 0.227 e. The van der Waals surface area contributed by atoms with E-state index in [1.54, 1.807) is 0 Å². The summed E-state index contributed by atoms with van der Waals surface area (Å²) in [6, 6.07) is 0.300. The van der Waals surface area contributed by atoms with Gasteiger partial charge in [0, 0.05) is 12.2 Å². The molecular formula is C12H21N3OS. The van der Waals surface area contributed by atoms with Crippen molar-refractivity contribution in [3.05, 3.63) is 11.7 Å². The predicted molar refractivity (Wildman–Crippen MR) is 70.2 cm³/mol. The smallest absolute Gasteiger partial charge is 0.227 e. The Morgan fingerprint density at radius 2 is 2.35 bits per heavy atom. The van der Waals surface area contributed by atoms with E-state index in [1.165, 1.54) is 19.3 Å². The third-order valence-corrected chi connectivity index (χ3v) is 3.92. The lowest BCUT2D eigenvalue weighted by atomic mass is 10.1. The Bertz CT molecular complexity index is 321. The van der Waals surface area contributed by atoms with Gasteiger partial charge in [-0.1, -0.05) is 24.9 Å². The van der Waals surface area contributed by atoms with E-state index in [1.807, 2.05) is 11.8 Å². The highest BCUT2D eigenvalue weighted by atomic mass is 32.2. The number of thioether (sulfide) groups is 1. The second kappa shape index (κ2) is 7.01. The van der Waals surface area contributed by atoms with Crippen LogP contribution in [-0.4, -0.2) is 28.2 Å². The van der Waals surface area contributed by atoms with Crippen LogP contribution < -0.4 is 5.32 Å². The summed E-state index contributed by atoms with van der Waals surface area (Å²) in [5.74, 6) is 3.84. The molecule has 0 amide bonds. The van der Waals surface area contributed by atoms with Gasteiger partial charge < -0.3 is 9.84 Å². The molecule has 1 atom stereocenters. The average Bonchev–Trinajstić information content (AvgIpc) is 2.64. The molecule has 1 aromatic heterocycles. The fourth-order valence-electron chi connectivity index (χ4n) is 2.06. The molecule has 1 N–H and O–H groups in total. The summed E-state index contributed by atoms with van der Waals surface area (Å²) in [7, 11) is 0. The summed E-state index contributed by atoms with van der Waals surface area (Å²) < 4.78 is 5.29. The summed E-state index contributed by atoms with van der Waals surface area (Å²) in [6.45, 7) is 3.24. The van der Waals surface area contributed by atoms with E-state index in [-0.39, 0.29) is 0 Å². The molecule has 0 saturated carbocycles. The van der Waals surface area contributed by atoms with Crippen LogP contribution in [-0.2, 0) is 6.42 Å². The van der Waals surface area contributed by atoms with Gasteiger partial charge in [0.25, 0.3) is 0 Å². The quantitative estimate of drug-likeness (QED) is 0.820. The highest BCUT2D eigenvalue weighted by Crippen LogP contribution is 2.20. The van der Waals surface area contributed by atoms with Crippen LogP contribution in [0.4, 0.5) is 0 Å². The van der Waals surface area contributed by atoms with Gasteiger partial charge in [0.2, 0.25) is 5.89 Å². The van der Waals surface area contributed by atoms with Gasteiger partial charge in [-0.05, 0) is 25.1 Å². The first-order valence-electron chi connectivity index (χ1n) is 6.53.